The molecule has 0 spiro atoms. The molecule has 1 aliphatic heterocycles. The standard InChI is InChI=1S/C22H28F3N3O3S/c1-2-3-14-32(30,31)27-11-8-19(9-12-27)28(13-10-22(23,24)25)21(29)20-15-17-6-4-5-7-18(17)16-26-20/h4-7,15-16,19H,2-3,8-14H2,1H3. The van der Waals surface area contributed by atoms with Gasteiger partial charge in [-0.1, -0.05) is 37.6 Å². The number of halogens is 3. The summed E-state index contributed by atoms with van der Waals surface area (Å²) in [6.07, 6.45) is -2.08. The number of carbonyl (C=O) groups is 1. The van der Waals surface area contributed by atoms with Gasteiger partial charge in [0.15, 0.2) is 0 Å². The van der Waals surface area contributed by atoms with Crippen molar-refractivity contribution in [3.8, 4) is 0 Å². The van der Waals surface area contributed by atoms with Crippen LogP contribution >= 0.6 is 0 Å². The van der Waals surface area contributed by atoms with Crippen molar-refractivity contribution >= 4 is 26.7 Å². The van der Waals surface area contributed by atoms with Crippen LogP contribution in [0.15, 0.2) is 36.5 Å². The summed E-state index contributed by atoms with van der Waals surface area (Å²) in [5.74, 6) is -0.501. The molecule has 3 rings (SSSR count). The topological polar surface area (TPSA) is 70.6 Å². The van der Waals surface area contributed by atoms with Crippen LogP contribution < -0.4 is 0 Å². The molecule has 0 bridgehead atoms. The van der Waals surface area contributed by atoms with Gasteiger partial charge in [0.2, 0.25) is 10.0 Å². The van der Waals surface area contributed by atoms with Crippen molar-refractivity contribution in [1.29, 1.82) is 0 Å². The maximum absolute atomic E-state index is 13.2. The Morgan fingerprint density at radius 2 is 1.84 bits per heavy atom. The number of rotatable bonds is 8. The van der Waals surface area contributed by atoms with E-state index in [0.29, 0.717) is 19.3 Å². The minimum absolute atomic E-state index is 0.0614. The molecular formula is C22H28F3N3O3S. The summed E-state index contributed by atoms with van der Waals surface area (Å²) in [7, 11) is -3.39. The number of pyridine rings is 1. The van der Waals surface area contributed by atoms with E-state index in [1.54, 1.807) is 6.07 Å². The molecule has 1 aromatic carbocycles. The average Bonchev–Trinajstić information content (AvgIpc) is 2.77. The number of fused-ring (bicyclic) bond motifs is 1. The van der Waals surface area contributed by atoms with Crippen molar-refractivity contribution in [2.75, 3.05) is 25.4 Å². The monoisotopic (exact) mass is 471 g/mol. The summed E-state index contributed by atoms with van der Waals surface area (Å²) in [6.45, 7) is 1.81. The third kappa shape index (κ3) is 6.19. The van der Waals surface area contributed by atoms with E-state index in [1.165, 1.54) is 15.4 Å². The quantitative estimate of drug-likeness (QED) is 0.578. The van der Waals surface area contributed by atoms with Crippen LogP contribution in [0.1, 0.15) is 49.5 Å². The zero-order valence-corrected chi connectivity index (χ0v) is 18.8. The smallest absolute Gasteiger partial charge is 0.334 e. The Morgan fingerprint density at radius 1 is 1.19 bits per heavy atom. The largest absolute Gasteiger partial charge is 0.390 e. The van der Waals surface area contributed by atoms with Gasteiger partial charge in [-0.05, 0) is 30.7 Å². The van der Waals surface area contributed by atoms with Crippen molar-refractivity contribution in [1.82, 2.24) is 14.2 Å². The molecular weight excluding hydrogens is 443 g/mol. The first-order chi connectivity index (χ1) is 15.1. The third-order valence-electron chi connectivity index (χ3n) is 5.76. The van der Waals surface area contributed by atoms with Gasteiger partial charge >= 0.3 is 6.18 Å². The van der Waals surface area contributed by atoms with Crippen LogP contribution in [0, 0.1) is 0 Å². The van der Waals surface area contributed by atoms with Gasteiger partial charge in [-0.3, -0.25) is 9.78 Å². The molecule has 0 aliphatic carbocycles. The molecule has 1 aliphatic rings. The number of hydrogen-bond donors (Lipinski definition) is 0. The van der Waals surface area contributed by atoms with Gasteiger partial charge < -0.3 is 4.90 Å². The molecule has 10 heteroatoms. The zero-order valence-electron chi connectivity index (χ0n) is 18.0. The van der Waals surface area contributed by atoms with Gasteiger partial charge in [0.25, 0.3) is 5.91 Å². The molecule has 176 valence electrons. The predicted molar refractivity (Wildman–Crippen MR) is 117 cm³/mol. The second-order valence-electron chi connectivity index (χ2n) is 8.08. The number of hydrogen-bond acceptors (Lipinski definition) is 4. The molecule has 0 unspecified atom stereocenters. The van der Waals surface area contributed by atoms with Gasteiger partial charge in [-0.15, -0.1) is 0 Å². The lowest BCUT2D eigenvalue weighted by atomic mass is 10.0. The molecule has 0 N–H and O–H groups in total. The number of unbranched alkanes of at least 4 members (excludes halogenated alkanes) is 1. The van der Waals surface area contributed by atoms with Crippen molar-refractivity contribution < 1.29 is 26.4 Å². The number of sulfonamides is 1. The summed E-state index contributed by atoms with van der Waals surface area (Å²) in [5.41, 5.74) is 0.0869. The van der Waals surface area contributed by atoms with Crippen LogP contribution in [0.25, 0.3) is 10.8 Å². The van der Waals surface area contributed by atoms with Gasteiger partial charge in [0, 0.05) is 37.3 Å². The highest BCUT2D eigenvalue weighted by atomic mass is 32.2. The van der Waals surface area contributed by atoms with Crippen LogP contribution in [-0.4, -0.2) is 66.1 Å². The van der Waals surface area contributed by atoms with Gasteiger partial charge in [-0.25, -0.2) is 12.7 Å². The molecule has 0 atom stereocenters. The Hall–Kier alpha value is -2.20. The number of amides is 1. The maximum Gasteiger partial charge on any atom is 0.390 e. The first kappa shape index (κ1) is 24.4. The molecule has 1 fully saturated rings. The van der Waals surface area contributed by atoms with Crippen molar-refractivity contribution in [3.05, 3.63) is 42.2 Å². The van der Waals surface area contributed by atoms with E-state index in [-0.39, 0.29) is 24.5 Å². The van der Waals surface area contributed by atoms with E-state index >= 15 is 0 Å². The van der Waals surface area contributed by atoms with Crippen molar-refractivity contribution in [3.63, 3.8) is 0 Å². The van der Waals surface area contributed by atoms with E-state index in [1.807, 2.05) is 31.2 Å². The number of nitrogens with zero attached hydrogens (tertiary/aromatic N) is 3. The van der Waals surface area contributed by atoms with Crippen LogP contribution in [0.4, 0.5) is 13.2 Å². The van der Waals surface area contributed by atoms with E-state index in [4.69, 9.17) is 0 Å². The lowest BCUT2D eigenvalue weighted by molar-refractivity contribution is -0.137. The van der Waals surface area contributed by atoms with Crippen LogP contribution in [-0.2, 0) is 10.0 Å². The third-order valence-corrected chi connectivity index (χ3v) is 7.72. The second-order valence-corrected chi connectivity index (χ2v) is 10.2. The van der Waals surface area contributed by atoms with Crippen molar-refractivity contribution in [2.45, 2.75) is 51.2 Å². The molecule has 2 heterocycles. The molecule has 2 aromatic rings. The number of benzene rings is 1. The number of alkyl halides is 3. The SMILES string of the molecule is CCCCS(=O)(=O)N1CCC(N(CCC(F)(F)F)C(=O)c2cc3ccccc3cn2)CC1. The molecule has 32 heavy (non-hydrogen) atoms. The van der Waals surface area contributed by atoms with E-state index in [9.17, 15) is 26.4 Å². The number of piperidine rings is 1. The number of aromatic nitrogens is 1. The predicted octanol–water partition coefficient (Wildman–Crippen LogP) is 4.22. The molecule has 1 saturated heterocycles. The van der Waals surface area contributed by atoms with Gasteiger partial charge in [0.1, 0.15) is 5.69 Å². The molecule has 1 aromatic heterocycles. The lowest BCUT2D eigenvalue weighted by Gasteiger charge is -2.38. The highest BCUT2D eigenvalue weighted by molar-refractivity contribution is 7.89. The molecule has 0 radical (unpaired) electrons. The summed E-state index contributed by atoms with van der Waals surface area (Å²) in [5, 5.41) is 1.61. The summed E-state index contributed by atoms with van der Waals surface area (Å²) >= 11 is 0. The Morgan fingerprint density at radius 3 is 2.47 bits per heavy atom. The first-order valence-corrected chi connectivity index (χ1v) is 12.4. The van der Waals surface area contributed by atoms with E-state index in [0.717, 1.165) is 17.2 Å². The first-order valence-electron chi connectivity index (χ1n) is 10.8. The molecule has 6 nitrogen and oxygen atoms in total. The Labute approximate surface area is 186 Å². The average molecular weight is 472 g/mol. The maximum atomic E-state index is 13.2. The zero-order chi connectivity index (χ0) is 23.4. The second kappa shape index (κ2) is 10.2. The summed E-state index contributed by atoms with van der Waals surface area (Å²) < 4.78 is 65.1. The minimum atomic E-state index is -4.40. The fourth-order valence-electron chi connectivity index (χ4n) is 3.93. The van der Waals surface area contributed by atoms with Gasteiger partial charge in [0.05, 0.1) is 12.2 Å². The lowest BCUT2D eigenvalue weighted by Crippen LogP contribution is -2.50. The normalized spacial score (nSPS) is 16.4. The highest BCUT2D eigenvalue weighted by Crippen LogP contribution is 2.26. The summed E-state index contributed by atoms with van der Waals surface area (Å²) in [6, 6.07) is 8.41. The molecule has 0 saturated carbocycles. The van der Waals surface area contributed by atoms with Crippen LogP contribution in [0.2, 0.25) is 0 Å². The van der Waals surface area contributed by atoms with E-state index < -0.39 is 41.1 Å². The van der Waals surface area contributed by atoms with Crippen LogP contribution in [0.5, 0.6) is 0 Å². The van der Waals surface area contributed by atoms with E-state index in [2.05, 4.69) is 4.98 Å². The highest BCUT2D eigenvalue weighted by Gasteiger charge is 2.36. The summed E-state index contributed by atoms with van der Waals surface area (Å²) in [4.78, 5) is 18.6. The Kier molecular flexibility index (Phi) is 7.76. The Bertz CT molecular complexity index is 1040. The molecule has 1 amide bonds. The van der Waals surface area contributed by atoms with Crippen LogP contribution in [0.3, 0.4) is 0 Å². The number of carbonyl (C=O) groups excluding carboxylic acids is 1. The van der Waals surface area contributed by atoms with Gasteiger partial charge in [-0.2, -0.15) is 13.2 Å². The Balaban J connectivity index is 1.77. The van der Waals surface area contributed by atoms with Crippen molar-refractivity contribution in [2.24, 2.45) is 0 Å². The fourth-order valence-corrected chi connectivity index (χ4v) is 5.61. The fraction of sp³-hybridized carbons (Fsp3) is 0.545. The minimum Gasteiger partial charge on any atom is -0.334 e.